The van der Waals surface area contributed by atoms with Gasteiger partial charge in [0.05, 0.1) is 33.2 Å². The van der Waals surface area contributed by atoms with Gasteiger partial charge >= 0.3 is 0 Å². The maximum absolute atomic E-state index is 9.15. The Hall–Kier alpha value is -7.21. The SMILES string of the molecule is [2H]c1cc([2H])c2c(c1[2H])c1c([2H])c([2H])c([2H])c([2H])c1n2-c1ccccc1-c1nc(-c2ccc(-c3c([2H])c([2H])c([2H])c([2H])c3[2H])cc2)nc(-c2cccc(-c3cccc4c3sc3ccccc34)c2)n1. The van der Waals surface area contributed by atoms with Gasteiger partial charge in [-0.3, -0.25) is 0 Å². The Morgan fingerprint density at radius 3 is 1.95 bits per heavy atom. The molecule has 8 aromatic carbocycles. The lowest BCUT2D eigenvalue weighted by molar-refractivity contribution is 1.06. The third-order valence-corrected chi connectivity index (χ3v) is 11.1. The fraction of sp³-hybridized carbons (Fsp3) is 0. The van der Waals surface area contributed by atoms with Gasteiger partial charge in [0.15, 0.2) is 17.5 Å². The van der Waals surface area contributed by atoms with Crippen LogP contribution in [-0.2, 0) is 0 Å². The van der Waals surface area contributed by atoms with Gasteiger partial charge in [-0.15, -0.1) is 11.3 Å². The molecule has 5 heteroatoms. The Balaban J connectivity index is 1.15. The highest BCUT2D eigenvalue weighted by Crippen LogP contribution is 2.41. The fourth-order valence-corrected chi connectivity index (χ4v) is 8.54. The minimum atomic E-state index is -0.508. The second-order valence-corrected chi connectivity index (χ2v) is 14.2. The van der Waals surface area contributed by atoms with E-state index in [4.69, 9.17) is 31.4 Å². The number of hydrogen-bond donors (Lipinski definition) is 0. The second kappa shape index (κ2) is 13.3. The van der Waals surface area contributed by atoms with E-state index >= 15 is 0 Å². The molecule has 262 valence electrons. The van der Waals surface area contributed by atoms with Crippen molar-refractivity contribution in [2.45, 2.75) is 0 Å². The Morgan fingerprint density at radius 1 is 0.411 bits per heavy atom. The molecule has 0 aliphatic rings. The molecule has 0 bridgehead atoms. The molecule has 4 nitrogen and oxygen atoms in total. The largest absolute Gasteiger partial charge is 0.309 e. The number of fused-ring (bicyclic) bond motifs is 6. The lowest BCUT2D eigenvalue weighted by Crippen LogP contribution is -2.03. The number of hydrogen-bond acceptors (Lipinski definition) is 4. The molecule has 0 radical (unpaired) electrons. The number of aromatic nitrogens is 4. The zero-order valence-electron chi connectivity index (χ0n) is 41.2. The molecule has 0 unspecified atom stereocenters. The van der Waals surface area contributed by atoms with Crippen molar-refractivity contribution >= 4 is 53.3 Å². The van der Waals surface area contributed by atoms with Crippen molar-refractivity contribution in [1.29, 1.82) is 0 Å². The quantitative estimate of drug-likeness (QED) is 0.170. The molecule has 11 aromatic rings. The average Bonchev–Trinajstić information content (AvgIpc) is 3.93. The van der Waals surface area contributed by atoms with Crippen molar-refractivity contribution in [3.05, 3.63) is 194 Å². The summed E-state index contributed by atoms with van der Waals surface area (Å²) in [5.41, 5.74) is 4.42. The lowest BCUT2D eigenvalue weighted by Gasteiger charge is -2.15. The molecule has 0 saturated heterocycles. The lowest BCUT2D eigenvalue weighted by atomic mass is 10.0. The molecule has 56 heavy (non-hydrogen) atoms. The highest BCUT2D eigenvalue weighted by molar-refractivity contribution is 7.26. The maximum atomic E-state index is 9.15. The fourth-order valence-electron chi connectivity index (χ4n) is 7.30. The summed E-state index contributed by atoms with van der Waals surface area (Å²) in [4.78, 5) is 15.1. The van der Waals surface area contributed by atoms with Crippen LogP contribution in [0.2, 0.25) is 0 Å². The van der Waals surface area contributed by atoms with Crippen molar-refractivity contribution in [3.63, 3.8) is 0 Å². The van der Waals surface area contributed by atoms with Crippen LogP contribution >= 0.6 is 11.3 Å². The van der Waals surface area contributed by atoms with Gasteiger partial charge in [-0.1, -0.05) is 157 Å². The first-order chi connectivity index (χ1) is 32.7. The van der Waals surface area contributed by atoms with E-state index in [9.17, 15) is 0 Å². The molecule has 0 aliphatic carbocycles. The molecule has 3 heterocycles. The van der Waals surface area contributed by atoms with Gasteiger partial charge in [0.25, 0.3) is 0 Å². The predicted molar refractivity (Wildman–Crippen MR) is 234 cm³/mol. The van der Waals surface area contributed by atoms with Crippen LogP contribution in [0.3, 0.4) is 0 Å². The first-order valence-electron chi connectivity index (χ1n) is 23.8. The molecule has 0 amide bonds. The summed E-state index contributed by atoms with van der Waals surface area (Å²) >= 11 is 1.72. The van der Waals surface area contributed by atoms with Gasteiger partial charge in [0, 0.05) is 47.6 Å². The van der Waals surface area contributed by atoms with Crippen LogP contribution in [0.5, 0.6) is 0 Å². The zero-order chi connectivity index (χ0) is 47.4. The molecule has 0 fully saturated rings. The highest BCUT2D eigenvalue weighted by atomic mass is 32.1. The third-order valence-electron chi connectivity index (χ3n) is 9.87. The summed E-state index contributed by atoms with van der Waals surface area (Å²) in [6, 6.07) is 32.7. The third kappa shape index (κ3) is 5.40. The van der Waals surface area contributed by atoms with Crippen LogP contribution in [0.15, 0.2) is 194 Å². The van der Waals surface area contributed by atoms with Gasteiger partial charge in [-0.05, 0) is 58.6 Å². The van der Waals surface area contributed by atoms with Crippen LogP contribution in [0, 0.1) is 0 Å². The summed E-state index contributed by atoms with van der Waals surface area (Å²) in [5, 5.41) is 2.37. The molecule has 0 atom stereocenters. The normalized spacial score (nSPS) is 14.6. The van der Waals surface area contributed by atoms with Crippen LogP contribution in [0.4, 0.5) is 0 Å². The molecule has 0 N–H and O–H groups in total. The smallest absolute Gasteiger partial charge is 0.166 e. The van der Waals surface area contributed by atoms with Crippen LogP contribution in [0.25, 0.3) is 104 Å². The number of benzene rings is 8. The number of thiophene rings is 1. The van der Waals surface area contributed by atoms with Crippen molar-refractivity contribution in [2.75, 3.05) is 0 Å². The number of para-hydroxylation sites is 3. The van der Waals surface area contributed by atoms with Gasteiger partial charge in [-0.2, -0.15) is 0 Å². The molecular weight excluding hydrogens is 701 g/mol. The van der Waals surface area contributed by atoms with Crippen molar-refractivity contribution < 1.29 is 16.4 Å². The first-order valence-corrected chi connectivity index (χ1v) is 18.6. The Morgan fingerprint density at radius 2 is 1.05 bits per heavy atom. The van der Waals surface area contributed by atoms with Crippen molar-refractivity contribution in [2.24, 2.45) is 0 Å². The van der Waals surface area contributed by atoms with E-state index in [-0.39, 0.29) is 81.1 Å². The van der Waals surface area contributed by atoms with Crippen LogP contribution in [0.1, 0.15) is 16.4 Å². The highest BCUT2D eigenvalue weighted by Gasteiger charge is 2.20. The van der Waals surface area contributed by atoms with E-state index < -0.39 is 36.3 Å². The Labute approximate surface area is 344 Å². The topological polar surface area (TPSA) is 43.6 Å². The van der Waals surface area contributed by atoms with Crippen molar-refractivity contribution in [3.8, 4) is 62.1 Å². The molecular formula is C51H32N4S. The van der Waals surface area contributed by atoms with E-state index in [1.807, 2.05) is 42.5 Å². The van der Waals surface area contributed by atoms with Gasteiger partial charge in [0.2, 0.25) is 0 Å². The van der Waals surface area contributed by atoms with E-state index in [2.05, 4.69) is 24.3 Å². The number of nitrogens with zero attached hydrogens (tertiary/aromatic N) is 4. The minimum absolute atomic E-state index is 0.00935. The van der Waals surface area contributed by atoms with Gasteiger partial charge < -0.3 is 4.57 Å². The average molecular weight is 745 g/mol. The van der Waals surface area contributed by atoms with E-state index in [1.165, 1.54) is 20.7 Å². The van der Waals surface area contributed by atoms with E-state index in [0.717, 1.165) is 21.2 Å². The monoisotopic (exact) mass is 744 g/mol. The van der Waals surface area contributed by atoms with Crippen LogP contribution in [-0.4, -0.2) is 19.5 Å². The molecule has 0 spiro atoms. The molecule has 0 saturated carbocycles. The summed E-state index contributed by atoms with van der Waals surface area (Å²) in [5.74, 6) is 0.678. The van der Waals surface area contributed by atoms with Crippen LogP contribution < -0.4 is 0 Å². The number of rotatable bonds is 6. The summed E-state index contributed by atoms with van der Waals surface area (Å²) in [7, 11) is 0. The minimum Gasteiger partial charge on any atom is -0.309 e. The first kappa shape index (κ1) is 22.2. The van der Waals surface area contributed by atoms with Gasteiger partial charge in [0.1, 0.15) is 0 Å². The summed E-state index contributed by atoms with van der Waals surface area (Å²) in [6.45, 7) is 0. The zero-order valence-corrected chi connectivity index (χ0v) is 30.1. The Bertz CT molecular complexity index is 3930. The van der Waals surface area contributed by atoms with E-state index in [1.54, 1.807) is 59.9 Å². The van der Waals surface area contributed by atoms with Gasteiger partial charge in [-0.25, -0.2) is 15.0 Å². The Kier molecular flexibility index (Phi) is 5.27. The maximum Gasteiger partial charge on any atom is 0.166 e. The summed E-state index contributed by atoms with van der Waals surface area (Å²) < 4.78 is 107. The summed E-state index contributed by atoms with van der Waals surface area (Å²) in [6.07, 6.45) is 0. The van der Waals surface area contributed by atoms with E-state index in [0.29, 0.717) is 27.9 Å². The standard InChI is InChI=1S/C51H32N4S/c1-2-14-33(15-3-1)34-28-30-35(31-29-34)49-52-50(37-17-12-16-36(32-37)38-22-13-23-42-41-20-7-11-27-47(41)56-48(38)42)54-51(53-49)43-21-6-10-26-46(43)55-44-24-8-4-18-39(44)40-19-5-9-25-45(40)55/h1-32H/i1D,2D,3D,4D,5D,8D,14D,15D,18D,19D,24D,25D. The molecule has 0 aliphatic heterocycles. The predicted octanol–water partition coefficient (Wildman–Crippen LogP) is 13.7. The second-order valence-electron chi connectivity index (χ2n) is 13.1. The molecule has 11 rings (SSSR count). The molecule has 3 aromatic heterocycles. The van der Waals surface area contributed by atoms with Crippen molar-refractivity contribution in [1.82, 2.24) is 19.5 Å².